The zero-order valence-electron chi connectivity index (χ0n) is 19.5. The standard InChI is InChI=1S/C26H26N6O2/c1-15-11-19(7-10-24(15)34-21-8-5-16(2)27-13-21)31-25-22-12-20(6-9-23(22)28-14-29-25)32-26-30-17(3)18(4)33-26/h5-14,17-18H,1-4H3,(H,30,32)(H,28,29,31)/t17-,18+/m1/s1. The molecule has 0 unspecified atom stereocenters. The van der Waals surface area contributed by atoms with E-state index in [2.05, 4.69) is 30.6 Å². The van der Waals surface area contributed by atoms with Crippen molar-refractivity contribution in [3.05, 3.63) is 72.3 Å². The summed E-state index contributed by atoms with van der Waals surface area (Å²) in [5.41, 5.74) is 4.54. The summed E-state index contributed by atoms with van der Waals surface area (Å²) in [5.74, 6) is 2.19. The third-order valence-corrected chi connectivity index (χ3v) is 5.73. The van der Waals surface area contributed by atoms with Crippen LogP contribution in [0.15, 0.2) is 66.0 Å². The van der Waals surface area contributed by atoms with Gasteiger partial charge in [-0.3, -0.25) is 4.98 Å². The lowest BCUT2D eigenvalue weighted by Gasteiger charge is -2.13. The number of hydrogen-bond acceptors (Lipinski definition) is 8. The molecule has 8 nitrogen and oxygen atoms in total. The van der Waals surface area contributed by atoms with E-state index in [9.17, 15) is 0 Å². The van der Waals surface area contributed by atoms with Crippen LogP contribution in [0.1, 0.15) is 25.1 Å². The molecule has 2 atom stereocenters. The number of nitrogens with zero attached hydrogens (tertiary/aromatic N) is 4. The van der Waals surface area contributed by atoms with Crippen molar-refractivity contribution in [2.45, 2.75) is 39.8 Å². The fourth-order valence-electron chi connectivity index (χ4n) is 3.63. The Morgan fingerprint density at radius 3 is 2.44 bits per heavy atom. The molecule has 0 bridgehead atoms. The van der Waals surface area contributed by atoms with Gasteiger partial charge in [0.1, 0.15) is 29.7 Å². The number of aliphatic imine (C=N–C) groups is 1. The van der Waals surface area contributed by atoms with E-state index in [1.807, 2.05) is 76.2 Å². The highest BCUT2D eigenvalue weighted by Gasteiger charge is 2.23. The van der Waals surface area contributed by atoms with Gasteiger partial charge in [0.15, 0.2) is 0 Å². The second-order valence-corrected chi connectivity index (χ2v) is 8.42. The van der Waals surface area contributed by atoms with Gasteiger partial charge >= 0.3 is 0 Å². The largest absolute Gasteiger partial charge is 0.460 e. The first-order valence-electron chi connectivity index (χ1n) is 11.2. The molecule has 172 valence electrons. The average molecular weight is 455 g/mol. The average Bonchev–Trinajstić information content (AvgIpc) is 3.14. The van der Waals surface area contributed by atoms with Crippen molar-refractivity contribution in [3.8, 4) is 11.5 Å². The molecule has 34 heavy (non-hydrogen) atoms. The molecule has 1 aliphatic rings. The lowest BCUT2D eigenvalue weighted by atomic mass is 10.1. The van der Waals surface area contributed by atoms with E-state index in [-0.39, 0.29) is 12.1 Å². The van der Waals surface area contributed by atoms with Gasteiger partial charge < -0.3 is 20.1 Å². The van der Waals surface area contributed by atoms with Crippen molar-refractivity contribution < 1.29 is 9.47 Å². The number of pyridine rings is 1. The molecular weight excluding hydrogens is 428 g/mol. The smallest absolute Gasteiger partial charge is 0.289 e. The van der Waals surface area contributed by atoms with Crippen molar-refractivity contribution in [2.75, 3.05) is 10.6 Å². The second kappa shape index (κ2) is 8.97. The number of rotatable bonds is 5. The fraction of sp³-hybridized carbons (Fsp3) is 0.231. The van der Waals surface area contributed by atoms with Crippen molar-refractivity contribution in [3.63, 3.8) is 0 Å². The summed E-state index contributed by atoms with van der Waals surface area (Å²) in [6.07, 6.45) is 3.34. The number of aromatic nitrogens is 3. The first-order chi connectivity index (χ1) is 16.4. The van der Waals surface area contributed by atoms with Crippen LogP contribution in [0, 0.1) is 13.8 Å². The van der Waals surface area contributed by atoms with E-state index in [0.29, 0.717) is 17.6 Å². The van der Waals surface area contributed by atoms with Crippen LogP contribution in [0.5, 0.6) is 11.5 Å². The predicted molar refractivity (Wildman–Crippen MR) is 134 cm³/mol. The van der Waals surface area contributed by atoms with Gasteiger partial charge in [-0.05, 0) is 81.8 Å². The highest BCUT2D eigenvalue weighted by atomic mass is 16.5. The fourth-order valence-corrected chi connectivity index (χ4v) is 3.63. The van der Waals surface area contributed by atoms with Gasteiger partial charge in [0.05, 0.1) is 17.8 Å². The number of hydrogen-bond donors (Lipinski definition) is 2. The Kier molecular flexibility index (Phi) is 5.71. The zero-order chi connectivity index (χ0) is 23.7. The number of aryl methyl sites for hydroxylation is 2. The molecule has 0 saturated heterocycles. The Morgan fingerprint density at radius 1 is 0.882 bits per heavy atom. The van der Waals surface area contributed by atoms with Crippen LogP contribution in [-0.2, 0) is 4.74 Å². The Bertz CT molecular complexity index is 1370. The summed E-state index contributed by atoms with van der Waals surface area (Å²) in [7, 11) is 0. The quantitative estimate of drug-likeness (QED) is 0.396. The van der Waals surface area contributed by atoms with Crippen LogP contribution in [-0.4, -0.2) is 33.1 Å². The SMILES string of the molecule is Cc1ccc(Oc2ccc(Nc3ncnc4ccc(NC5=N[C@H](C)[C@H](C)O5)cc34)cc2C)cn1. The Balaban J connectivity index is 1.37. The normalized spacial score (nSPS) is 17.2. The van der Waals surface area contributed by atoms with Crippen molar-refractivity contribution in [1.82, 2.24) is 15.0 Å². The minimum absolute atomic E-state index is 0.0565. The van der Waals surface area contributed by atoms with Crippen LogP contribution in [0.3, 0.4) is 0 Å². The lowest BCUT2D eigenvalue weighted by Crippen LogP contribution is -2.17. The Hall–Kier alpha value is -4.20. The van der Waals surface area contributed by atoms with Gasteiger partial charge in [-0.15, -0.1) is 0 Å². The van der Waals surface area contributed by atoms with Gasteiger partial charge in [0, 0.05) is 22.5 Å². The second-order valence-electron chi connectivity index (χ2n) is 8.42. The number of anilines is 3. The van der Waals surface area contributed by atoms with Crippen LogP contribution in [0.4, 0.5) is 17.2 Å². The van der Waals surface area contributed by atoms with Crippen molar-refractivity contribution in [1.29, 1.82) is 0 Å². The predicted octanol–water partition coefficient (Wildman–Crippen LogP) is 5.75. The molecule has 2 aromatic carbocycles. The lowest BCUT2D eigenvalue weighted by molar-refractivity contribution is 0.218. The maximum Gasteiger partial charge on any atom is 0.289 e. The third-order valence-electron chi connectivity index (χ3n) is 5.73. The van der Waals surface area contributed by atoms with E-state index in [4.69, 9.17) is 9.47 Å². The van der Waals surface area contributed by atoms with Crippen LogP contribution in [0.2, 0.25) is 0 Å². The minimum Gasteiger partial charge on any atom is -0.460 e. The molecule has 8 heteroatoms. The summed E-state index contributed by atoms with van der Waals surface area (Å²) < 4.78 is 11.8. The Labute approximate surface area is 198 Å². The molecule has 0 saturated carbocycles. The number of ether oxygens (including phenoxy) is 2. The number of fused-ring (bicyclic) bond motifs is 1. The number of amidine groups is 1. The molecule has 0 spiro atoms. The van der Waals surface area contributed by atoms with Crippen LogP contribution >= 0.6 is 0 Å². The number of nitrogens with one attached hydrogen (secondary N) is 2. The van der Waals surface area contributed by atoms with E-state index in [0.717, 1.165) is 39.3 Å². The molecule has 0 aliphatic carbocycles. The van der Waals surface area contributed by atoms with Gasteiger partial charge in [-0.2, -0.15) is 0 Å². The van der Waals surface area contributed by atoms with E-state index < -0.39 is 0 Å². The molecular formula is C26H26N6O2. The molecule has 4 aromatic rings. The van der Waals surface area contributed by atoms with E-state index >= 15 is 0 Å². The molecule has 5 rings (SSSR count). The van der Waals surface area contributed by atoms with Crippen LogP contribution < -0.4 is 15.4 Å². The van der Waals surface area contributed by atoms with E-state index in [1.54, 1.807) is 12.5 Å². The molecule has 1 aliphatic heterocycles. The van der Waals surface area contributed by atoms with Gasteiger partial charge in [0.25, 0.3) is 6.02 Å². The first kappa shape index (κ1) is 21.6. The Morgan fingerprint density at radius 2 is 1.71 bits per heavy atom. The third kappa shape index (κ3) is 4.61. The molecule has 0 fully saturated rings. The molecule has 2 aromatic heterocycles. The first-order valence-corrected chi connectivity index (χ1v) is 11.2. The van der Waals surface area contributed by atoms with Crippen molar-refractivity contribution >= 4 is 34.1 Å². The van der Waals surface area contributed by atoms with Gasteiger partial charge in [0.2, 0.25) is 0 Å². The molecule has 0 radical (unpaired) electrons. The maximum atomic E-state index is 5.99. The maximum absolute atomic E-state index is 5.99. The van der Waals surface area contributed by atoms with Gasteiger partial charge in [-0.1, -0.05) is 0 Å². The van der Waals surface area contributed by atoms with Gasteiger partial charge in [-0.25, -0.2) is 15.0 Å². The highest BCUT2D eigenvalue weighted by molar-refractivity contribution is 5.97. The van der Waals surface area contributed by atoms with E-state index in [1.165, 1.54) is 0 Å². The highest BCUT2D eigenvalue weighted by Crippen LogP contribution is 2.30. The molecule has 0 amide bonds. The monoisotopic (exact) mass is 454 g/mol. The molecule has 2 N–H and O–H groups in total. The number of benzene rings is 2. The summed E-state index contributed by atoms with van der Waals surface area (Å²) in [5, 5.41) is 7.55. The summed E-state index contributed by atoms with van der Waals surface area (Å²) in [6.45, 7) is 8.00. The summed E-state index contributed by atoms with van der Waals surface area (Å²) >= 11 is 0. The topological polar surface area (TPSA) is 93.6 Å². The van der Waals surface area contributed by atoms with Crippen LogP contribution in [0.25, 0.3) is 10.9 Å². The minimum atomic E-state index is 0.0565. The zero-order valence-corrected chi connectivity index (χ0v) is 19.5. The summed E-state index contributed by atoms with van der Waals surface area (Å²) in [6, 6.07) is 16.3. The molecule has 3 heterocycles. The summed E-state index contributed by atoms with van der Waals surface area (Å²) in [4.78, 5) is 17.7. The van der Waals surface area contributed by atoms with Crippen molar-refractivity contribution in [2.24, 2.45) is 4.99 Å².